The van der Waals surface area contributed by atoms with Gasteiger partial charge < -0.3 is 9.47 Å². The van der Waals surface area contributed by atoms with Crippen LogP contribution in [0.4, 0.5) is 0 Å². The van der Waals surface area contributed by atoms with E-state index in [9.17, 15) is 9.59 Å². The van der Waals surface area contributed by atoms with Crippen molar-refractivity contribution in [1.29, 1.82) is 0 Å². The Kier molecular flexibility index (Phi) is 5.84. The molecule has 0 amide bonds. The molecule has 5 rings (SSSR count). The molecule has 0 radical (unpaired) electrons. The number of aryl methyl sites for hydroxylation is 1. The van der Waals surface area contributed by atoms with E-state index in [1.165, 1.54) is 0 Å². The summed E-state index contributed by atoms with van der Waals surface area (Å²) in [5.74, 6) is -1.08. The molecule has 1 aliphatic carbocycles. The number of hydrogen-bond donors (Lipinski definition) is 0. The lowest BCUT2D eigenvalue weighted by Gasteiger charge is -2.37. The van der Waals surface area contributed by atoms with E-state index < -0.39 is 23.0 Å². The molecule has 0 saturated heterocycles. The first-order chi connectivity index (χ1) is 16.8. The quantitative estimate of drug-likeness (QED) is 0.192. The van der Waals surface area contributed by atoms with Crippen LogP contribution in [0.1, 0.15) is 50.3 Å². The minimum atomic E-state index is -1.49. The Hall–Kier alpha value is -3.66. The summed E-state index contributed by atoms with van der Waals surface area (Å²) in [6, 6.07) is 26.0. The number of rotatable bonds is 4. The summed E-state index contributed by atoms with van der Waals surface area (Å²) in [7, 11) is 0. The molecule has 0 N–H and O–H groups in total. The van der Waals surface area contributed by atoms with Crippen LogP contribution >= 0.6 is 0 Å². The van der Waals surface area contributed by atoms with Gasteiger partial charge in [0.05, 0.1) is 0 Å². The van der Waals surface area contributed by atoms with Crippen LogP contribution < -0.4 is 0 Å². The predicted octanol–water partition coefficient (Wildman–Crippen LogP) is 6.65. The summed E-state index contributed by atoms with van der Waals surface area (Å²) < 4.78 is 11.7. The molecule has 4 heteroatoms. The lowest BCUT2D eigenvalue weighted by Crippen LogP contribution is -2.50. The van der Waals surface area contributed by atoms with Gasteiger partial charge in [0, 0.05) is 0 Å². The van der Waals surface area contributed by atoms with Crippen molar-refractivity contribution in [3.8, 4) is 0 Å². The SMILES string of the molecule is CC(C)(C)OC(=O)C1(C(=O)OCc2ccccc2)CCCc2c1ccc1c2ccc2ccccc21. The fourth-order valence-corrected chi connectivity index (χ4v) is 5.20. The van der Waals surface area contributed by atoms with Gasteiger partial charge in [0.2, 0.25) is 0 Å². The number of ether oxygens (including phenoxy) is 2. The Morgan fingerprint density at radius 1 is 0.800 bits per heavy atom. The highest BCUT2D eigenvalue weighted by molar-refractivity contribution is 6.12. The van der Waals surface area contributed by atoms with Crippen molar-refractivity contribution in [2.45, 2.75) is 57.7 Å². The molecule has 0 fully saturated rings. The van der Waals surface area contributed by atoms with Crippen molar-refractivity contribution in [2.24, 2.45) is 0 Å². The van der Waals surface area contributed by atoms with E-state index in [0.717, 1.165) is 39.1 Å². The number of benzene rings is 4. The van der Waals surface area contributed by atoms with Crippen molar-refractivity contribution in [1.82, 2.24) is 0 Å². The lowest BCUT2D eigenvalue weighted by atomic mass is 9.68. The highest BCUT2D eigenvalue weighted by Gasteiger charge is 2.54. The number of hydrogen-bond acceptors (Lipinski definition) is 4. The van der Waals surface area contributed by atoms with Gasteiger partial charge in [0.15, 0.2) is 5.41 Å². The van der Waals surface area contributed by atoms with Crippen molar-refractivity contribution >= 4 is 33.5 Å². The standard InChI is InChI=1S/C31H30O4/c1-30(2,3)35-29(33)31(28(32)34-20-21-10-5-4-6-11-21)19-9-14-26-25-16-15-22-12-7-8-13-23(22)24(25)17-18-27(26)31/h4-8,10-13,15-18H,9,14,19-20H2,1-3H3. The summed E-state index contributed by atoms with van der Waals surface area (Å²) in [6.07, 6.45) is 1.85. The molecule has 4 nitrogen and oxygen atoms in total. The third kappa shape index (κ3) is 4.18. The molecular weight excluding hydrogens is 436 g/mol. The minimum absolute atomic E-state index is 0.109. The Labute approximate surface area is 205 Å². The van der Waals surface area contributed by atoms with Gasteiger partial charge >= 0.3 is 11.9 Å². The largest absolute Gasteiger partial charge is 0.460 e. The molecule has 0 aliphatic heterocycles. The topological polar surface area (TPSA) is 52.6 Å². The first-order valence-corrected chi connectivity index (χ1v) is 12.2. The van der Waals surface area contributed by atoms with Crippen LogP contribution in [-0.2, 0) is 37.5 Å². The van der Waals surface area contributed by atoms with Gasteiger partial charge in [-0.1, -0.05) is 78.9 Å². The molecular formula is C31H30O4. The predicted molar refractivity (Wildman–Crippen MR) is 138 cm³/mol. The van der Waals surface area contributed by atoms with E-state index in [-0.39, 0.29) is 6.61 Å². The normalized spacial score (nSPS) is 17.7. The third-order valence-electron chi connectivity index (χ3n) is 6.78. The van der Waals surface area contributed by atoms with Gasteiger partial charge in [-0.15, -0.1) is 0 Å². The van der Waals surface area contributed by atoms with Crippen LogP contribution in [0, 0.1) is 0 Å². The monoisotopic (exact) mass is 466 g/mol. The van der Waals surface area contributed by atoms with E-state index in [2.05, 4.69) is 24.3 Å². The third-order valence-corrected chi connectivity index (χ3v) is 6.78. The first kappa shape index (κ1) is 23.1. The summed E-state index contributed by atoms with van der Waals surface area (Å²) in [5, 5.41) is 4.52. The van der Waals surface area contributed by atoms with Gasteiger partial charge in [-0.05, 0) is 78.3 Å². The highest BCUT2D eigenvalue weighted by atomic mass is 16.6. The fourth-order valence-electron chi connectivity index (χ4n) is 5.20. The summed E-state index contributed by atoms with van der Waals surface area (Å²) in [6.45, 7) is 5.58. The zero-order valence-corrected chi connectivity index (χ0v) is 20.5. The smallest absolute Gasteiger partial charge is 0.328 e. The van der Waals surface area contributed by atoms with Crippen LogP contribution in [0.5, 0.6) is 0 Å². The van der Waals surface area contributed by atoms with Crippen molar-refractivity contribution in [3.05, 3.63) is 95.6 Å². The van der Waals surface area contributed by atoms with Gasteiger partial charge in [-0.2, -0.15) is 0 Å². The molecule has 0 saturated carbocycles. The zero-order chi connectivity index (χ0) is 24.6. The number of carbonyl (C=O) groups excluding carboxylic acids is 2. The summed E-state index contributed by atoms with van der Waals surface area (Å²) in [4.78, 5) is 27.6. The van der Waals surface area contributed by atoms with Crippen LogP contribution in [-0.4, -0.2) is 17.5 Å². The highest BCUT2D eigenvalue weighted by Crippen LogP contribution is 2.44. The minimum Gasteiger partial charge on any atom is -0.460 e. The van der Waals surface area contributed by atoms with Crippen LogP contribution in [0.3, 0.4) is 0 Å². The maximum atomic E-state index is 13.8. The van der Waals surface area contributed by atoms with E-state index >= 15 is 0 Å². The number of esters is 2. The molecule has 1 atom stereocenters. The average molecular weight is 467 g/mol. The first-order valence-electron chi connectivity index (χ1n) is 12.2. The molecule has 4 aromatic rings. The van der Waals surface area contributed by atoms with E-state index in [1.54, 1.807) is 0 Å². The van der Waals surface area contributed by atoms with E-state index in [1.807, 2.05) is 75.4 Å². The van der Waals surface area contributed by atoms with Crippen LogP contribution in [0.25, 0.3) is 21.5 Å². The second-order valence-electron chi connectivity index (χ2n) is 10.3. The molecule has 1 unspecified atom stereocenters. The van der Waals surface area contributed by atoms with Crippen LogP contribution in [0.2, 0.25) is 0 Å². The Balaban J connectivity index is 1.65. The van der Waals surface area contributed by atoms with Crippen molar-refractivity contribution in [3.63, 3.8) is 0 Å². The fraction of sp³-hybridized carbons (Fsp3) is 0.290. The Morgan fingerprint density at radius 2 is 1.51 bits per heavy atom. The Bertz CT molecular complexity index is 1410. The van der Waals surface area contributed by atoms with E-state index in [0.29, 0.717) is 18.4 Å². The molecule has 4 aromatic carbocycles. The average Bonchev–Trinajstić information content (AvgIpc) is 2.86. The molecule has 0 bridgehead atoms. The summed E-state index contributed by atoms with van der Waals surface area (Å²) >= 11 is 0. The molecule has 0 aromatic heterocycles. The Morgan fingerprint density at radius 3 is 2.29 bits per heavy atom. The molecule has 178 valence electrons. The van der Waals surface area contributed by atoms with Gasteiger partial charge in [0.1, 0.15) is 12.2 Å². The maximum Gasteiger partial charge on any atom is 0.328 e. The zero-order valence-electron chi connectivity index (χ0n) is 20.5. The molecule has 0 spiro atoms. The maximum absolute atomic E-state index is 13.8. The van der Waals surface area contributed by atoms with Gasteiger partial charge in [0.25, 0.3) is 0 Å². The number of carbonyl (C=O) groups is 2. The van der Waals surface area contributed by atoms with Crippen molar-refractivity contribution in [2.75, 3.05) is 0 Å². The second kappa shape index (κ2) is 8.84. The number of fused-ring (bicyclic) bond motifs is 5. The summed E-state index contributed by atoms with van der Waals surface area (Å²) in [5.41, 5.74) is 0.395. The van der Waals surface area contributed by atoms with Crippen molar-refractivity contribution < 1.29 is 19.1 Å². The second-order valence-corrected chi connectivity index (χ2v) is 10.3. The van der Waals surface area contributed by atoms with Gasteiger partial charge in [-0.3, -0.25) is 9.59 Å². The van der Waals surface area contributed by atoms with E-state index in [4.69, 9.17) is 9.47 Å². The molecule has 35 heavy (non-hydrogen) atoms. The molecule has 1 aliphatic rings. The lowest BCUT2D eigenvalue weighted by molar-refractivity contribution is -0.174. The van der Waals surface area contributed by atoms with Crippen LogP contribution in [0.15, 0.2) is 78.9 Å². The molecule has 0 heterocycles. The van der Waals surface area contributed by atoms with Gasteiger partial charge in [-0.25, -0.2) is 0 Å².